The second-order valence-electron chi connectivity index (χ2n) is 3.62. The van der Waals surface area contributed by atoms with Crippen molar-refractivity contribution in [2.45, 2.75) is 19.4 Å². The number of nitrogens with one attached hydrogen (secondary N) is 1. The molecule has 1 aromatic rings. The zero-order valence-corrected chi connectivity index (χ0v) is 9.70. The first-order valence-electron chi connectivity index (χ1n) is 5.14. The summed E-state index contributed by atoms with van der Waals surface area (Å²) in [6.07, 6.45) is 0.0269. The molecular weight excluding hydrogens is 225 g/mol. The molecule has 1 aromatic carbocycles. The molecule has 0 aliphatic heterocycles. The van der Waals surface area contributed by atoms with Crippen molar-refractivity contribution in [1.82, 2.24) is 5.32 Å². The quantitative estimate of drug-likeness (QED) is 0.799. The van der Waals surface area contributed by atoms with Gasteiger partial charge in [0.25, 0.3) is 0 Å². The largest absolute Gasteiger partial charge is 0.467 e. The van der Waals surface area contributed by atoms with Gasteiger partial charge in [-0.2, -0.15) is 0 Å². The molecule has 0 spiro atoms. The van der Waals surface area contributed by atoms with Gasteiger partial charge in [-0.15, -0.1) is 0 Å². The maximum Gasteiger partial charge on any atom is 0.328 e. The number of carbonyl (C=O) groups excluding carboxylic acids is 2. The Balaban J connectivity index is 2.53. The molecule has 92 valence electrons. The summed E-state index contributed by atoms with van der Waals surface area (Å²) in [6, 6.07) is 5.05. The first kappa shape index (κ1) is 13.2. The van der Waals surface area contributed by atoms with Gasteiger partial charge in [0.2, 0.25) is 5.91 Å². The Morgan fingerprint density at radius 1 is 1.47 bits per heavy atom. The van der Waals surface area contributed by atoms with Crippen LogP contribution in [0.5, 0.6) is 0 Å². The number of benzene rings is 1. The topological polar surface area (TPSA) is 55.4 Å². The lowest BCUT2D eigenvalue weighted by molar-refractivity contribution is -0.144. The van der Waals surface area contributed by atoms with Crippen LogP contribution >= 0.6 is 0 Å². The van der Waals surface area contributed by atoms with Gasteiger partial charge in [-0.05, 0) is 24.6 Å². The average molecular weight is 239 g/mol. The third-order valence-electron chi connectivity index (χ3n) is 2.19. The first-order valence-corrected chi connectivity index (χ1v) is 5.14. The Hall–Kier alpha value is -1.91. The Labute approximate surface area is 98.8 Å². The van der Waals surface area contributed by atoms with Gasteiger partial charge in [0.05, 0.1) is 13.5 Å². The molecule has 0 aliphatic carbocycles. The summed E-state index contributed by atoms with van der Waals surface area (Å²) in [5, 5.41) is 2.46. The lowest BCUT2D eigenvalue weighted by Crippen LogP contribution is -2.39. The number of rotatable bonds is 4. The maximum atomic E-state index is 12.9. The zero-order chi connectivity index (χ0) is 12.8. The molecule has 0 bridgehead atoms. The molecule has 1 unspecified atom stereocenters. The summed E-state index contributed by atoms with van der Waals surface area (Å²) in [5.41, 5.74) is 0.555. The molecule has 5 heteroatoms. The van der Waals surface area contributed by atoms with Crippen molar-refractivity contribution in [2.24, 2.45) is 0 Å². The molecule has 0 radical (unpaired) electrons. The number of halogens is 1. The highest BCUT2D eigenvalue weighted by molar-refractivity contribution is 5.85. The van der Waals surface area contributed by atoms with Crippen molar-refractivity contribution in [1.29, 1.82) is 0 Å². The molecule has 1 amide bonds. The van der Waals surface area contributed by atoms with Crippen LogP contribution in [0.2, 0.25) is 0 Å². The van der Waals surface area contributed by atoms with Gasteiger partial charge in [-0.3, -0.25) is 4.79 Å². The number of hydrogen-bond donors (Lipinski definition) is 1. The Kier molecular flexibility index (Phi) is 4.63. The smallest absolute Gasteiger partial charge is 0.328 e. The van der Waals surface area contributed by atoms with Gasteiger partial charge >= 0.3 is 5.97 Å². The van der Waals surface area contributed by atoms with Crippen LogP contribution in [-0.4, -0.2) is 25.0 Å². The van der Waals surface area contributed by atoms with Gasteiger partial charge in [0, 0.05) is 0 Å². The van der Waals surface area contributed by atoms with E-state index in [4.69, 9.17) is 0 Å². The number of amides is 1. The highest BCUT2D eigenvalue weighted by Gasteiger charge is 2.15. The van der Waals surface area contributed by atoms with Gasteiger partial charge in [-0.1, -0.05) is 12.1 Å². The van der Waals surface area contributed by atoms with Crippen LogP contribution in [0.25, 0.3) is 0 Å². The fraction of sp³-hybridized carbons (Fsp3) is 0.333. The van der Waals surface area contributed by atoms with Crippen LogP contribution in [0.3, 0.4) is 0 Å². The Morgan fingerprint density at radius 2 is 2.18 bits per heavy atom. The maximum absolute atomic E-state index is 12.9. The highest BCUT2D eigenvalue weighted by Crippen LogP contribution is 2.04. The van der Waals surface area contributed by atoms with Crippen molar-refractivity contribution in [2.75, 3.05) is 7.11 Å². The fourth-order valence-electron chi connectivity index (χ4n) is 1.36. The van der Waals surface area contributed by atoms with Crippen molar-refractivity contribution in [3.05, 3.63) is 35.6 Å². The molecule has 1 rings (SSSR count). The van der Waals surface area contributed by atoms with Crippen LogP contribution in [0.15, 0.2) is 24.3 Å². The SMILES string of the molecule is COC(=O)C(C)NC(=O)Cc1cccc(F)c1. The molecule has 1 atom stereocenters. The molecule has 0 heterocycles. The van der Waals surface area contributed by atoms with E-state index in [2.05, 4.69) is 10.1 Å². The second kappa shape index (κ2) is 5.98. The average Bonchev–Trinajstić information content (AvgIpc) is 2.27. The van der Waals surface area contributed by atoms with E-state index in [-0.39, 0.29) is 12.3 Å². The predicted molar refractivity (Wildman–Crippen MR) is 59.7 cm³/mol. The van der Waals surface area contributed by atoms with Crippen LogP contribution < -0.4 is 5.32 Å². The van der Waals surface area contributed by atoms with Crippen LogP contribution in [0.4, 0.5) is 4.39 Å². The monoisotopic (exact) mass is 239 g/mol. The molecular formula is C12H14FNO3. The predicted octanol–water partition coefficient (Wildman–Crippen LogP) is 1.05. The normalized spacial score (nSPS) is 11.7. The summed E-state index contributed by atoms with van der Waals surface area (Å²) >= 11 is 0. The van der Waals surface area contributed by atoms with Crippen molar-refractivity contribution in [3.8, 4) is 0 Å². The summed E-state index contributed by atoms with van der Waals surface area (Å²) < 4.78 is 17.3. The van der Waals surface area contributed by atoms with E-state index in [0.29, 0.717) is 5.56 Å². The molecule has 0 saturated heterocycles. The van der Waals surface area contributed by atoms with Gasteiger partial charge in [0.1, 0.15) is 11.9 Å². The minimum Gasteiger partial charge on any atom is -0.467 e. The number of carbonyl (C=O) groups is 2. The standard InChI is InChI=1S/C12H14FNO3/c1-8(12(16)17-2)14-11(15)7-9-4-3-5-10(13)6-9/h3-6,8H,7H2,1-2H3,(H,14,15). The highest BCUT2D eigenvalue weighted by atomic mass is 19.1. The number of esters is 1. The van der Waals surface area contributed by atoms with E-state index in [1.807, 2.05) is 0 Å². The Bertz CT molecular complexity index is 420. The van der Waals surface area contributed by atoms with E-state index in [1.54, 1.807) is 6.07 Å². The van der Waals surface area contributed by atoms with E-state index in [9.17, 15) is 14.0 Å². The number of methoxy groups -OCH3 is 1. The summed E-state index contributed by atoms with van der Waals surface area (Å²) in [7, 11) is 1.25. The van der Waals surface area contributed by atoms with E-state index < -0.39 is 17.8 Å². The second-order valence-corrected chi connectivity index (χ2v) is 3.62. The number of ether oxygens (including phenoxy) is 1. The third-order valence-corrected chi connectivity index (χ3v) is 2.19. The molecule has 4 nitrogen and oxygen atoms in total. The van der Waals surface area contributed by atoms with Crippen molar-refractivity contribution in [3.63, 3.8) is 0 Å². The lowest BCUT2D eigenvalue weighted by atomic mass is 10.1. The van der Waals surface area contributed by atoms with Crippen LogP contribution in [-0.2, 0) is 20.7 Å². The Morgan fingerprint density at radius 3 is 2.76 bits per heavy atom. The summed E-state index contributed by atoms with van der Waals surface area (Å²) in [5.74, 6) is -1.26. The summed E-state index contributed by atoms with van der Waals surface area (Å²) in [4.78, 5) is 22.6. The van der Waals surface area contributed by atoms with E-state index in [1.165, 1.54) is 32.2 Å². The summed E-state index contributed by atoms with van der Waals surface area (Å²) in [6.45, 7) is 1.52. The lowest BCUT2D eigenvalue weighted by Gasteiger charge is -2.11. The minimum absolute atomic E-state index is 0.0269. The first-order chi connectivity index (χ1) is 8.02. The van der Waals surface area contributed by atoms with Crippen LogP contribution in [0.1, 0.15) is 12.5 Å². The molecule has 1 N–H and O–H groups in total. The van der Waals surface area contributed by atoms with Crippen molar-refractivity contribution >= 4 is 11.9 Å². The van der Waals surface area contributed by atoms with E-state index in [0.717, 1.165) is 0 Å². The van der Waals surface area contributed by atoms with Crippen LogP contribution in [0, 0.1) is 5.82 Å². The van der Waals surface area contributed by atoms with Crippen molar-refractivity contribution < 1.29 is 18.7 Å². The fourth-order valence-corrected chi connectivity index (χ4v) is 1.36. The molecule has 17 heavy (non-hydrogen) atoms. The van der Waals surface area contributed by atoms with Gasteiger partial charge < -0.3 is 10.1 Å². The zero-order valence-electron chi connectivity index (χ0n) is 9.70. The molecule has 0 aromatic heterocycles. The van der Waals surface area contributed by atoms with Gasteiger partial charge in [-0.25, -0.2) is 9.18 Å². The number of hydrogen-bond acceptors (Lipinski definition) is 3. The third kappa shape index (κ3) is 4.22. The molecule has 0 fully saturated rings. The molecule has 0 aliphatic rings. The van der Waals surface area contributed by atoms with Gasteiger partial charge in [0.15, 0.2) is 0 Å². The minimum atomic E-state index is -0.707. The van der Waals surface area contributed by atoms with E-state index >= 15 is 0 Å². The molecule has 0 saturated carbocycles.